The maximum absolute atomic E-state index is 13.5. The Balaban J connectivity index is 1.30. The molecule has 166 valence electrons. The first-order chi connectivity index (χ1) is 15.5. The lowest BCUT2D eigenvalue weighted by molar-refractivity contribution is -0.176. The van der Waals surface area contributed by atoms with E-state index in [1.165, 1.54) is 0 Å². The summed E-state index contributed by atoms with van der Waals surface area (Å²) in [7, 11) is 0. The predicted molar refractivity (Wildman–Crippen MR) is 119 cm³/mol. The Morgan fingerprint density at radius 3 is 2.47 bits per heavy atom. The summed E-state index contributed by atoms with van der Waals surface area (Å²) in [5.74, 6) is 0.763. The van der Waals surface area contributed by atoms with Gasteiger partial charge in [-0.15, -0.1) is 0 Å². The Labute approximate surface area is 186 Å². The van der Waals surface area contributed by atoms with E-state index in [1.54, 1.807) is 0 Å². The number of aromatic amines is 1. The lowest BCUT2D eigenvalue weighted by Gasteiger charge is -2.45. The van der Waals surface area contributed by atoms with Crippen molar-refractivity contribution < 1.29 is 9.53 Å². The number of piperidine rings is 1. The average Bonchev–Trinajstić information content (AvgIpc) is 3.26. The molecule has 1 spiro atoms. The van der Waals surface area contributed by atoms with Gasteiger partial charge in [0.25, 0.3) is 5.91 Å². The van der Waals surface area contributed by atoms with Crippen molar-refractivity contribution in [3.05, 3.63) is 53.5 Å². The van der Waals surface area contributed by atoms with Gasteiger partial charge in [-0.3, -0.25) is 4.79 Å². The number of nitrogens with zero attached hydrogens (tertiary/aromatic N) is 6. The van der Waals surface area contributed by atoms with E-state index in [2.05, 4.69) is 30.3 Å². The Hall–Kier alpha value is -3.33. The van der Waals surface area contributed by atoms with Gasteiger partial charge in [0.05, 0.1) is 13.2 Å². The number of carbonyl (C=O) groups is 1. The second kappa shape index (κ2) is 8.31. The molecule has 0 atom stereocenters. The van der Waals surface area contributed by atoms with E-state index in [4.69, 9.17) is 4.74 Å². The molecular formula is C23H27N7O2. The number of H-pyrrole nitrogens is 1. The van der Waals surface area contributed by atoms with Crippen LogP contribution in [0.3, 0.4) is 0 Å². The first kappa shape index (κ1) is 20.6. The third kappa shape index (κ3) is 3.84. The maximum atomic E-state index is 13.5. The molecular weight excluding hydrogens is 406 g/mol. The number of anilines is 1. The van der Waals surface area contributed by atoms with Gasteiger partial charge >= 0.3 is 0 Å². The Bertz CT molecular complexity index is 1090. The fourth-order valence-corrected chi connectivity index (χ4v) is 4.60. The molecule has 2 aliphatic rings. The van der Waals surface area contributed by atoms with Gasteiger partial charge in [-0.2, -0.15) is 15.4 Å². The molecule has 1 amide bonds. The fraction of sp³-hybridized carbons (Fsp3) is 0.435. The summed E-state index contributed by atoms with van der Waals surface area (Å²) in [6.07, 6.45) is 1.23. The van der Waals surface area contributed by atoms with Gasteiger partial charge in [0.2, 0.25) is 5.95 Å². The lowest BCUT2D eigenvalue weighted by atomic mass is 9.88. The molecule has 0 unspecified atom stereocenters. The molecule has 2 aromatic heterocycles. The molecule has 1 N–H and O–H groups in total. The number of amides is 1. The average molecular weight is 434 g/mol. The number of morpholine rings is 1. The van der Waals surface area contributed by atoms with Crippen LogP contribution < -0.4 is 4.90 Å². The molecule has 3 aromatic rings. The van der Waals surface area contributed by atoms with Crippen LogP contribution in [0.5, 0.6) is 0 Å². The van der Waals surface area contributed by atoms with E-state index in [9.17, 15) is 4.79 Å². The number of carbonyl (C=O) groups excluding carboxylic acids is 1. The molecule has 9 heteroatoms. The van der Waals surface area contributed by atoms with E-state index >= 15 is 0 Å². The lowest BCUT2D eigenvalue weighted by Crippen LogP contribution is -2.60. The fourth-order valence-electron chi connectivity index (χ4n) is 4.60. The van der Waals surface area contributed by atoms with Gasteiger partial charge in [0.1, 0.15) is 17.0 Å². The number of nitrogens with one attached hydrogen (secondary N) is 1. The van der Waals surface area contributed by atoms with Gasteiger partial charge in [0, 0.05) is 49.4 Å². The normalized spacial score (nSPS) is 18.4. The zero-order chi connectivity index (χ0) is 22.1. The zero-order valence-electron chi connectivity index (χ0n) is 18.4. The molecule has 2 fully saturated rings. The monoisotopic (exact) mass is 433 g/mol. The molecule has 0 aliphatic carbocycles. The molecule has 1 aromatic carbocycles. The Morgan fingerprint density at radius 2 is 1.75 bits per heavy atom. The summed E-state index contributed by atoms with van der Waals surface area (Å²) in [4.78, 5) is 26.7. The van der Waals surface area contributed by atoms with Crippen LogP contribution in [0.25, 0.3) is 11.3 Å². The van der Waals surface area contributed by atoms with Crippen molar-refractivity contribution in [3.8, 4) is 11.3 Å². The highest BCUT2D eigenvalue weighted by atomic mass is 16.5. The number of hydrogen-bond acceptors (Lipinski definition) is 7. The van der Waals surface area contributed by atoms with Crippen molar-refractivity contribution in [2.24, 2.45) is 0 Å². The minimum Gasteiger partial charge on any atom is -0.363 e. The number of ether oxygens (including phenoxy) is 1. The highest BCUT2D eigenvalue weighted by molar-refractivity contribution is 5.86. The van der Waals surface area contributed by atoms with Crippen molar-refractivity contribution in [2.45, 2.75) is 38.8 Å². The van der Waals surface area contributed by atoms with Crippen LogP contribution in [-0.4, -0.2) is 68.0 Å². The quantitative estimate of drug-likeness (QED) is 0.674. The van der Waals surface area contributed by atoms with E-state index < -0.39 is 5.60 Å². The van der Waals surface area contributed by atoms with Crippen LogP contribution in [0, 0.1) is 13.8 Å². The van der Waals surface area contributed by atoms with E-state index in [1.807, 2.05) is 55.1 Å². The minimum absolute atomic E-state index is 0.0340. The smallest absolute Gasteiger partial charge is 0.255 e. The number of rotatable bonds is 4. The number of aromatic nitrogens is 5. The standard InChI is InChI=1S/C23H27N7O2/c1-16-14-17(2)25-22(24-16)29-10-8-23(9-11-29)21(31)30(12-13-32-23)15-19-20(27-28-26-19)18-6-4-3-5-7-18/h3-7,14H,8-13,15H2,1-2H3,(H,26,27,28). The number of hydrogen-bond donors (Lipinski definition) is 1. The SMILES string of the molecule is Cc1cc(C)nc(N2CCC3(CC2)OCCN(Cc2n[nH]nc2-c2ccccc2)C3=O)n1. The summed E-state index contributed by atoms with van der Waals surface area (Å²) >= 11 is 0. The van der Waals surface area contributed by atoms with E-state index in [0.29, 0.717) is 45.6 Å². The van der Waals surface area contributed by atoms with Crippen molar-refractivity contribution in [1.29, 1.82) is 0 Å². The summed E-state index contributed by atoms with van der Waals surface area (Å²) in [5.41, 5.74) is 3.64. The molecule has 0 bridgehead atoms. The Morgan fingerprint density at radius 1 is 1.03 bits per heavy atom. The molecule has 0 saturated carbocycles. The van der Waals surface area contributed by atoms with Crippen LogP contribution >= 0.6 is 0 Å². The zero-order valence-corrected chi connectivity index (χ0v) is 18.4. The van der Waals surface area contributed by atoms with Crippen molar-refractivity contribution >= 4 is 11.9 Å². The van der Waals surface area contributed by atoms with Crippen LogP contribution in [0.2, 0.25) is 0 Å². The summed E-state index contributed by atoms with van der Waals surface area (Å²) < 4.78 is 6.11. The molecule has 9 nitrogen and oxygen atoms in total. The highest BCUT2D eigenvalue weighted by Crippen LogP contribution is 2.33. The molecule has 4 heterocycles. The van der Waals surface area contributed by atoms with Crippen LogP contribution in [0.15, 0.2) is 36.4 Å². The number of aryl methyl sites for hydroxylation is 2. The first-order valence-electron chi connectivity index (χ1n) is 11.0. The van der Waals surface area contributed by atoms with Crippen LogP contribution in [0.1, 0.15) is 29.9 Å². The first-order valence-corrected chi connectivity index (χ1v) is 11.0. The molecule has 0 radical (unpaired) electrons. The van der Waals surface area contributed by atoms with Gasteiger partial charge in [-0.05, 0) is 19.9 Å². The van der Waals surface area contributed by atoms with Gasteiger partial charge < -0.3 is 14.5 Å². The Kier molecular flexibility index (Phi) is 5.34. The van der Waals surface area contributed by atoms with E-state index in [0.717, 1.165) is 34.3 Å². The second-order valence-corrected chi connectivity index (χ2v) is 8.49. The second-order valence-electron chi connectivity index (χ2n) is 8.49. The predicted octanol–water partition coefficient (Wildman–Crippen LogP) is 2.28. The van der Waals surface area contributed by atoms with Gasteiger partial charge in [0.15, 0.2) is 0 Å². The summed E-state index contributed by atoms with van der Waals surface area (Å²) in [5, 5.41) is 11.4. The molecule has 2 saturated heterocycles. The van der Waals surface area contributed by atoms with Crippen LogP contribution in [-0.2, 0) is 16.1 Å². The van der Waals surface area contributed by atoms with Crippen molar-refractivity contribution in [2.75, 3.05) is 31.1 Å². The molecule has 32 heavy (non-hydrogen) atoms. The third-order valence-electron chi connectivity index (χ3n) is 6.25. The number of benzene rings is 1. The maximum Gasteiger partial charge on any atom is 0.255 e. The van der Waals surface area contributed by atoms with Gasteiger partial charge in [-0.1, -0.05) is 30.3 Å². The molecule has 2 aliphatic heterocycles. The van der Waals surface area contributed by atoms with Crippen LogP contribution in [0.4, 0.5) is 5.95 Å². The summed E-state index contributed by atoms with van der Waals surface area (Å²) in [6.45, 7) is 6.79. The summed E-state index contributed by atoms with van der Waals surface area (Å²) in [6, 6.07) is 11.9. The van der Waals surface area contributed by atoms with E-state index in [-0.39, 0.29) is 5.91 Å². The molecule has 5 rings (SSSR count). The largest absolute Gasteiger partial charge is 0.363 e. The minimum atomic E-state index is -0.787. The van der Waals surface area contributed by atoms with Gasteiger partial charge in [-0.25, -0.2) is 9.97 Å². The third-order valence-corrected chi connectivity index (χ3v) is 6.25. The highest BCUT2D eigenvalue weighted by Gasteiger charge is 2.47. The van der Waals surface area contributed by atoms with Crippen molar-refractivity contribution in [3.63, 3.8) is 0 Å². The topological polar surface area (TPSA) is 100 Å². The van der Waals surface area contributed by atoms with Crippen molar-refractivity contribution in [1.82, 2.24) is 30.3 Å².